The van der Waals surface area contributed by atoms with E-state index in [1.165, 1.54) is 6.92 Å². The molecule has 640 valence electrons. The zero-order valence-electron chi connectivity index (χ0n) is 72.0. The largest absolute Gasteiger partial charge is 0.464 e. The molecule has 0 radical (unpaired) electrons. The van der Waals surface area contributed by atoms with Crippen molar-refractivity contribution in [2.24, 2.45) is 0 Å². The Morgan fingerprint density at radius 2 is 0.762 bits per heavy atom. The number of hydrogen-bond acceptors (Lipinski definition) is 15. The van der Waals surface area contributed by atoms with Gasteiger partial charge in [-0.2, -0.15) is 0 Å². The summed E-state index contributed by atoms with van der Waals surface area (Å²) in [5.74, 6) is -0.111. The van der Waals surface area contributed by atoms with Crippen molar-refractivity contribution in [3.63, 3.8) is 0 Å². The highest BCUT2D eigenvalue weighted by molar-refractivity contribution is 7.92. The van der Waals surface area contributed by atoms with Crippen LogP contribution in [0.2, 0.25) is 0 Å². The van der Waals surface area contributed by atoms with Crippen molar-refractivity contribution in [3.05, 3.63) is 211 Å². The molecule has 3 aromatic heterocycles. The number of benzene rings is 8. The predicted molar refractivity (Wildman–Crippen MR) is 478 cm³/mol. The Kier molecular flexibility index (Phi) is 27.4. The van der Waals surface area contributed by atoms with E-state index < -0.39 is 34.4 Å². The smallest absolute Gasteiger partial charge is 0.407 e. The summed E-state index contributed by atoms with van der Waals surface area (Å²) in [5, 5.41) is 15.2. The first kappa shape index (κ1) is 88.4. The number of aromatic amines is 2. The molecule has 0 aliphatic carbocycles. The number of furan rings is 1. The van der Waals surface area contributed by atoms with E-state index in [4.69, 9.17) is 23.4 Å². The van der Waals surface area contributed by atoms with Gasteiger partial charge >= 0.3 is 24.4 Å². The van der Waals surface area contributed by atoms with Gasteiger partial charge in [0.05, 0.1) is 61.1 Å². The first-order valence-electron chi connectivity index (χ1n) is 41.3. The number of aromatic nitrogens is 2. The molecule has 7 N–H and O–H groups in total. The molecule has 0 saturated carbocycles. The molecule has 7 heterocycles. The molecule has 26 nitrogen and oxygen atoms in total. The number of hydrogen-bond donors (Lipinski definition) is 7. The van der Waals surface area contributed by atoms with Crippen LogP contribution in [0.4, 0.5) is 47.6 Å². The molecule has 27 heteroatoms. The molecule has 8 atom stereocenters. The van der Waals surface area contributed by atoms with Gasteiger partial charge in [0.1, 0.15) is 5.58 Å². The summed E-state index contributed by atoms with van der Waals surface area (Å²) in [5.41, 5.74) is 17.9. The molecule has 15 rings (SSSR count). The van der Waals surface area contributed by atoms with E-state index in [1.54, 1.807) is 78.7 Å². The van der Waals surface area contributed by atoms with Crippen molar-refractivity contribution in [2.75, 3.05) is 30.6 Å². The van der Waals surface area contributed by atoms with Crippen LogP contribution in [-0.2, 0) is 48.1 Å². The van der Waals surface area contributed by atoms with Gasteiger partial charge < -0.3 is 74.2 Å². The van der Waals surface area contributed by atoms with Gasteiger partial charge in [0.25, 0.3) is 0 Å². The number of rotatable bonds is 14. The fraction of sp³-hybridized carbons (Fsp3) is 0.347. The van der Waals surface area contributed by atoms with Gasteiger partial charge in [0.15, 0.2) is 0 Å². The van der Waals surface area contributed by atoms with Gasteiger partial charge in [0.2, 0.25) is 33.7 Å². The van der Waals surface area contributed by atoms with Crippen LogP contribution in [0.25, 0.3) is 77.4 Å². The molecule has 122 heavy (non-hydrogen) atoms. The molecule has 0 unspecified atom stereocenters. The van der Waals surface area contributed by atoms with E-state index in [-0.39, 0.29) is 96.4 Å². The quantitative estimate of drug-likeness (QED) is 0.0498. The summed E-state index contributed by atoms with van der Waals surface area (Å²) in [4.78, 5) is 112. The number of alkyl carbamates (subject to hydrolysis) is 4. The van der Waals surface area contributed by atoms with Crippen molar-refractivity contribution in [2.45, 2.75) is 209 Å². The average Bonchev–Trinajstić information content (AvgIpc) is 1.48. The van der Waals surface area contributed by atoms with E-state index >= 15 is 0 Å². The fourth-order valence-electron chi connectivity index (χ4n) is 16.9. The maximum Gasteiger partial charge on any atom is 0.407 e. The molecule has 0 fully saturated rings. The fourth-order valence-corrected chi connectivity index (χ4v) is 17.4. The Bertz CT molecular complexity index is 5630. The number of para-hydroxylation sites is 3. The van der Waals surface area contributed by atoms with E-state index in [9.17, 15) is 46.8 Å². The van der Waals surface area contributed by atoms with Gasteiger partial charge in [-0.25, -0.2) is 27.6 Å². The average molecular weight is 1680 g/mol. The number of H-pyrrole nitrogens is 2. The topological polar surface area (TPSA) is 325 Å². The van der Waals surface area contributed by atoms with Crippen LogP contribution in [0.1, 0.15) is 183 Å². The number of sulfonamides is 1. The molecule has 0 bridgehead atoms. The second kappa shape index (κ2) is 37.8. The highest BCUT2D eigenvalue weighted by Gasteiger charge is 2.39. The lowest BCUT2D eigenvalue weighted by Gasteiger charge is -2.39. The van der Waals surface area contributed by atoms with E-state index in [0.29, 0.717) is 31.4 Å². The number of carbonyl (C=O) groups excluding carboxylic acids is 8. The van der Waals surface area contributed by atoms with Gasteiger partial charge in [-0.1, -0.05) is 91.0 Å². The van der Waals surface area contributed by atoms with Gasteiger partial charge in [-0.15, -0.1) is 0 Å². The molecule has 4 aliphatic heterocycles. The van der Waals surface area contributed by atoms with Crippen molar-refractivity contribution < 1.29 is 70.1 Å². The van der Waals surface area contributed by atoms with Gasteiger partial charge in [0, 0.05) is 131 Å². The Morgan fingerprint density at radius 1 is 0.402 bits per heavy atom. The van der Waals surface area contributed by atoms with Crippen LogP contribution in [0, 0.1) is 0 Å². The highest BCUT2D eigenvalue weighted by Crippen LogP contribution is 2.46. The third-order valence-corrected chi connectivity index (χ3v) is 22.3. The monoisotopic (exact) mass is 1680 g/mol. The Balaban J connectivity index is 0.000000149. The van der Waals surface area contributed by atoms with Crippen LogP contribution in [0.5, 0.6) is 0 Å². The number of ether oxygens (including phenoxy) is 4. The van der Waals surface area contributed by atoms with Crippen molar-refractivity contribution in [1.82, 2.24) is 31.2 Å². The van der Waals surface area contributed by atoms with E-state index in [2.05, 4.69) is 66.3 Å². The molecule has 8 amide bonds. The van der Waals surface area contributed by atoms with Crippen molar-refractivity contribution >= 4 is 119 Å². The number of amides is 8. The molecule has 8 aromatic carbocycles. The Hall–Kier alpha value is -12.9. The van der Waals surface area contributed by atoms with Crippen LogP contribution < -0.4 is 45.6 Å². The zero-order chi connectivity index (χ0) is 87.9. The number of nitrogens with one attached hydrogen (secondary N) is 7. The minimum atomic E-state index is -3.40. The maximum atomic E-state index is 12.3. The van der Waals surface area contributed by atoms with Crippen LogP contribution in [-0.4, -0.2) is 121 Å². The summed E-state index contributed by atoms with van der Waals surface area (Å²) >= 11 is 0. The summed E-state index contributed by atoms with van der Waals surface area (Å²) < 4.78 is 52.5. The minimum absolute atomic E-state index is 0.00759. The van der Waals surface area contributed by atoms with Crippen LogP contribution >= 0.6 is 0 Å². The molecule has 0 spiro atoms. The third kappa shape index (κ3) is 20.7. The van der Waals surface area contributed by atoms with Crippen molar-refractivity contribution in [3.8, 4) is 44.6 Å². The second-order valence-electron chi connectivity index (χ2n) is 32.7. The lowest BCUT2D eigenvalue weighted by Crippen LogP contribution is -2.45. The second-order valence-corrected chi connectivity index (χ2v) is 34.5. The molecule has 4 aliphatic rings. The van der Waals surface area contributed by atoms with Crippen LogP contribution in [0.15, 0.2) is 193 Å². The first-order valence-corrected chi connectivity index (χ1v) is 43.2. The van der Waals surface area contributed by atoms with Crippen LogP contribution in [0.3, 0.4) is 0 Å². The minimum Gasteiger partial charge on any atom is -0.464 e. The summed E-state index contributed by atoms with van der Waals surface area (Å²) in [7, 11) is -3.40. The van der Waals surface area contributed by atoms with E-state index in [1.807, 2.05) is 203 Å². The molecule has 0 saturated heterocycles. The molecular formula is C95H109N11O15S. The van der Waals surface area contributed by atoms with Crippen molar-refractivity contribution in [1.29, 1.82) is 0 Å². The third-order valence-electron chi connectivity index (χ3n) is 21.6. The normalized spacial score (nSPS) is 18.3. The molecule has 11 aromatic rings. The SMILES string of the molecule is CC(=O)N1c2ccc(-c3c[nH]c4ccccc34)cc2[C@H](NC(=O)OC(C)C)C[C@@H]1C.CC(=O)N1c2ccc(-c3cc4ccccc4[nH]3)cc2[C@H](NC(=O)OC(C)C)C[C@@H]1C.CC(=O)N1c2ccc(-c3cccc(NS(C)(=O)=O)c3)cc2[C@H](NC(=O)OC(C)C)C[C@@H]1C.CC(=O)N1c2ccc(-c3coc4ccccc34)cc2[C@H](NC(=O)OC(C)C)C[C@@H]1C. The summed E-state index contributed by atoms with van der Waals surface area (Å²) in [6.45, 7) is 28.7. The lowest BCUT2D eigenvalue weighted by molar-refractivity contribution is -0.118. The first-order chi connectivity index (χ1) is 58.0. The summed E-state index contributed by atoms with van der Waals surface area (Å²) in [6.07, 6.45) is 4.53. The number of anilines is 5. The van der Waals surface area contributed by atoms with Gasteiger partial charge in [-0.05, 0) is 244 Å². The standard InChI is InChI=1S/2C24H27N3O3.C24H26N2O4.C23H29N3O5S/c1-14(2)30-24(29)26-22-11-15(3)27(16(4)28)23-10-9-17(12-19(22)23)20-13-25-21-8-6-5-7-18(20)21;1-14(2)30-24(29)26-22-11-15(3)27(16(4)28)23-10-9-18(12-19(22)23)21-13-17-7-5-6-8-20(17)25-21;1-14(2)30-24(28)25-21-11-15(3)26(16(4)27)22-10-9-17(12-19(21)22)20-13-29-23-8-6-5-7-18(20)23;1-14(2)31-23(28)24-21-11-15(3)26(16(4)27)22-10-9-18(13-20(21)22)17-7-6-8-19(12-17)25-32(5,29)30/h2*5-10,12-15,22,25H,11H2,1-4H3,(H,26,29);5-10,12-15,21H,11H2,1-4H3,(H,25,28);6-10,12-15,21,25H,11H2,1-5H3,(H,24,28)/t2*15-,22+;2*15-,21+/m0000/s1. The maximum absolute atomic E-state index is 12.3. The molecular weight excluding hydrogens is 1570 g/mol. The van der Waals surface area contributed by atoms with Gasteiger partial charge in [-0.3, -0.25) is 23.9 Å². The number of carbonyl (C=O) groups is 8. The highest BCUT2D eigenvalue weighted by atomic mass is 32.2. The summed E-state index contributed by atoms with van der Waals surface area (Å²) in [6, 6.07) is 55.8. The zero-order valence-corrected chi connectivity index (χ0v) is 72.8. The number of fused-ring (bicyclic) bond motifs is 7. The number of nitrogens with zero attached hydrogens (tertiary/aromatic N) is 4. The predicted octanol–water partition coefficient (Wildman–Crippen LogP) is 19.8. The van der Waals surface area contributed by atoms with E-state index in [0.717, 1.165) is 129 Å². The Morgan fingerprint density at radius 3 is 1.18 bits per heavy atom. The lowest BCUT2D eigenvalue weighted by atomic mass is 9.89. The Labute approximate surface area is 711 Å².